The summed E-state index contributed by atoms with van der Waals surface area (Å²) >= 11 is 1.37. The van der Waals surface area contributed by atoms with Gasteiger partial charge in [0.25, 0.3) is 0 Å². The lowest BCUT2D eigenvalue weighted by Gasteiger charge is -1.44. The maximum absolute atomic E-state index is 8.46. The molecular weight excluding hydrogens is 114 g/mol. The summed E-state index contributed by atoms with van der Waals surface area (Å²) in [5, 5.41) is 1.39. The van der Waals surface area contributed by atoms with Crippen LogP contribution in [0.1, 0.15) is 6.92 Å². The van der Waals surface area contributed by atoms with Crippen molar-refractivity contribution in [3.63, 3.8) is 0 Å². The lowest BCUT2D eigenvalue weighted by molar-refractivity contribution is 0.524. The van der Waals surface area contributed by atoms with Gasteiger partial charge in [-0.2, -0.15) is 0 Å². The van der Waals surface area contributed by atoms with Crippen LogP contribution in [0.25, 0.3) is 0 Å². The van der Waals surface area contributed by atoms with Gasteiger partial charge in [-0.1, -0.05) is 6.92 Å². The summed E-state index contributed by atoms with van der Waals surface area (Å²) in [4.78, 5) is 6.99. The minimum absolute atomic E-state index is 0.833. The molecule has 0 fully saturated rings. The van der Waals surface area contributed by atoms with Gasteiger partial charge in [0.1, 0.15) is 0 Å². The molecule has 0 amide bonds. The van der Waals surface area contributed by atoms with E-state index in [-0.39, 0.29) is 0 Å². The van der Waals surface area contributed by atoms with E-state index in [0.29, 0.717) is 0 Å². The SMILES string of the molecule is C[CH2][AlH2].O=PO. The molecule has 1 N–H and O–H groups in total. The molecule has 0 saturated carbocycles. The van der Waals surface area contributed by atoms with Crippen LogP contribution in [0, 0.1) is 0 Å². The first-order valence-corrected chi connectivity index (χ1v) is 3.98. The van der Waals surface area contributed by atoms with Crippen LogP contribution in [0.15, 0.2) is 0 Å². The maximum Gasteiger partial charge on any atom is 0.324 e. The third-order valence-electron chi connectivity index (χ3n) is 0. The van der Waals surface area contributed by atoms with Gasteiger partial charge in [-0.05, 0) is 0 Å². The fourth-order valence-corrected chi connectivity index (χ4v) is 0. The van der Waals surface area contributed by atoms with E-state index in [9.17, 15) is 0 Å². The average Bonchev–Trinajstić information content (AvgIpc) is 1.39. The Labute approximate surface area is 47.3 Å². The lowest BCUT2D eigenvalue weighted by atomic mass is 11.0. The van der Waals surface area contributed by atoms with Crippen molar-refractivity contribution in [2.75, 3.05) is 0 Å². The Bertz CT molecular complexity index is 25.5. The molecule has 0 unspecified atom stereocenters. The van der Waals surface area contributed by atoms with Crippen molar-refractivity contribution in [2.45, 2.75) is 12.2 Å². The monoisotopic (exact) mass is 122 g/mol. The van der Waals surface area contributed by atoms with E-state index < -0.39 is 8.69 Å². The normalized spacial score (nSPS) is 6.33. The molecule has 0 rings (SSSR count). The van der Waals surface area contributed by atoms with Crippen molar-refractivity contribution >= 4 is 25.0 Å². The first kappa shape index (κ1) is 9.78. The smallest absolute Gasteiger partial charge is 0.310 e. The summed E-state index contributed by atoms with van der Waals surface area (Å²) in [6.07, 6.45) is 0. The molecule has 0 bridgehead atoms. The molecule has 0 heterocycles. The molecule has 0 saturated heterocycles. The van der Waals surface area contributed by atoms with Gasteiger partial charge in [0, 0.05) is 0 Å². The summed E-state index contributed by atoms with van der Waals surface area (Å²) in [5.74, 6) is 0. The van der Waals surface area contributed by atoms with Gasteiger partial charge in [-0.25, -0.2) is 4.57 Å². The van der Waals surface area contributed by atoms with E-state index in [2.05, 4.69) is 6.92 Å². The molecule has 6 heavy (non-hydrogen) atoms. The minimum atomic E-state index is -0.833. The highest BCUT2D eigenvalue weighted by Crippen LogP contribution is 1.66. The van der Waals surface area contributed by atoms with E-state index in [1.165, 1.54) is 21.6 Å². The Morgan fingerprint density at radius 3 is 2.00 bits per heavy atom. The Hall–Kier alpha value is 0.592. The van der Waals surface area contributed by atoms with Gasteiger partial charge in [0.05, 0.1) is 0 Å². The van der Waals surface area contributed by atoms with Crippen LogP contribution in [0.3, 0.4) is 0 Å². The molecule has 2 nitrogen and oxygen atoms in total. The Morgan fingerprint density at radius 1 is 2.00 bits per heavy atom. The molecule has 0 aromatic heterocycles. The molecule has 36 valence electrons. The zero-order valence-corrected chi connectivity index (χ0v) is 6.90. The predicted molar refractivity (Wildman–Crippen MR) is 28.9 cm³/mol. The molecule has 0 aromatic rings. The lowest BCUT2D eigenvalue weighted by Crippen LogP contribution is -1.41. The second-order valence-electron chi connectivity index (χ2n) is 0.789. The summed E-state index contributed by atoms with van der Waals surface area (Å²) in [6.45, 7) is 2.19. The van der Waals surface area contributed by atoms with Crippen molar-refractivity contribution in [1.29, 1.82) is 0 Å². The number of rotatable bonds is 0. The van der Waals surface area contributed by atoms with Gasteiger partial charge < -0.3 is 4.89 Å². The zero-order valence-electron chi connectivity index (χ0n) is 4.01. The molecule has 0 atom stereocenters. The quantitative estimate of drug-likeness (QED) is 0.369. The molecule has 0 radical (unpaired) electrons. The van der Waals surface area contributed by atoms with Crippen molar-refractivity contribution in [2.24, 2.45) is 0 Å². The van der Waals surface area contributed by atoms with E-state index in [4.69, 9.17) is 9.46 Å². The van der Waals surface area contributed by atoms with Crippen LogP contribution >= 0.6 is 8.69 Å². The molecule has 0 aliphatic rings. The summed E-state index contributed by atoms with van der Waals surface area (Å²) in [5.41, 5.74) is 0. The molecule has 4 heteroatoms. The molecule has 0 spiro atoms. The van der Waals surface area contributed by atoms with Crippen molar-refractivity contribution < 1.29 is 9.46 Å². The number of hydrogen-bond donors (Lipinski definition) is 1. The second kappa shape index (κ2) is 17.5. The topological polar surface area (TPSA) is 37.3 Å². The molecule has 0 aromatic carbocycles. The zero-order chi connectivity index (χ0) is 5.41. The van der Waals surface area contributed by atoms with Gasteiger partial charge in [-0.3, -0.25) is 0 Å². The summed E-state index contributed by atoms with van der Waals surface area (Å²) in [7, 11) is -0.833. The van der Waals surface area contributed by atoms with Crippen molar-refractivity contribution in [3.05, 3.63) is 0 Å². The van der Waals surface area contributed by atoms with Crippen LogP contribution in [0.5, 0.6) is 0 Å². The highest BCUT2D eigenvalue weighted by Gasteiger charge is 1.41. The highest BCUT2D eigenvalue weighted by atomic mass is 31.1. The molecule has 0 aliphatic carbocycles. The van der Waals surface area contributed by atoms with Crippen LogP contribution in [-0.4, -0.2) is 21.2 Å². The highest BCUT2D eigenvalue weighted by molar-refractivity contribution is 7.16. The largest absolute Gasteiger partial charge is 0.324 e. The van der Waals surface area contributed by atoms with Gasteiger partial charge in [0.2, 0.25) is 16.3 Å². The number of hydrogen-bond acceptors (Lipinski definition) is 1. The first-order chi connectivity index (χ1) is 2.83. The fraction of sp³-hybridized carbons (Fsp3) is 1.00. The van der Waals surface area contributed by atoms with Gasteiger partial charge in [-0.15, -0.1) is 5.28 Å². The maximum atomic E-state index is 8.46. The summed E-state index contributed by atoms with van der Waals surface area (Å²) in [6, 6.07) is 0. The minimum Gasteiger partial charge on any atom is -0.310 e. The Balaban J connectivity index is 0. The van der Waals surface area contributed by atoms with Crippen LogP contribution in [0.2, 0.25) is 5.28 Å². The van der Waals surface area contributed by atoms with Crippen LogP contribution < -0.4 is 0 Å². The van der Waals surface area contributed by atoms with E-state index in [1.54, 1.807) is 0 Å². The molecule has 0 aliphatic heterocycles. The van der Waals surface area contributed by atoms with E-state index in [1.807, 2.05) is 0 Å². The van der Waals surface area contributed by atoms with Gasteiger partial charge in [0.15, 0.2) is 0 Å². The Morgan fingerprint density at radius 2 is 2.00 bits per heavy atom. The van der Waals surface area contributed by atoms with Crippen LogP contribution in [0.4, 0.5) is 0 Å². The standard InChI is InChI=1S/C2H5.Al.HO2P.2H/c1-2;;1-3-2;;/h1H2,2H3;;(H,1,2);;. The van der Waals surface area contributed by atoms with Crippen molar-refractivity contribution in [1.82, 2.24) is 0 Å². The Kier molecular flexibility index (Phi) is 28.6. The van der Waals surface area contributed by atoms with E-state index >= 15 is 0 Å². The average molecular weight is 122 g/mol. The van der Waals surface area contributed by atoms with Gasteiger partial charge >= 0.3 is 8.69 Å². The van der Waals surface area contributed by atoms with Crippen LogP contribution in [-0.2, 0) is 4.57 Å². The molecular formula is C2H8AlO2P. The summed E-state index contributed by atoms with van der Waals surface area (Å²) < 4.78 is 8.46. The fourth-order valence-electron chi connectivity index (χ4n) is 0. The van der Waals surface area contributed by atoms with Crippen molar-refractivity contribution in [3.8, 4) is 0 Å². The third kappa shape index (κ3) is 169. The third-order valence-corrected chi connectivity index (χ3v) is 0. The predicted octanol–water partition coefficient (Wildman–Crippen LogP) is 0.243. The van der Waals surface area contributed by atoms with E-state index in [0.717, 1.165) is 0 Å². The second-order valence-corrected chi connectivity index (χ2v) is 2.37. The first-order valence-electron chi connectivity index (χ1n) is 1.80.